The van der Waals surface area contributed by atoms with E-state index in [4.69, 9.17) is 4.18 Å². The summed E-state index contributed by atoms with van der Waals surface area (Å²) >= 11 is 0. The van der Waals surface area contributed by atoms with Crippen molar-refractivity contribution in [2.75, 3.05) is 5.32 Å². The highest BCUT2D eigenvalue weighted by atomic mass is 32.2. The van der Waals surface area contributed by atoms with Gasteiger partial charge in [0.1, 0.15) is 16.5 Å². The first kappa shape index (κ1) is 23.3. The van der Waals surface area contributed by atoms with Gasteiger partial charge in [0, 0.05) is 18.3 Å². The summed E-state index contributed by atoms with van der Waals surface area (Å²) < 4.78 is 43.3. The fourth-order valence-corrected chi connectivity index (χ4v) is 3.98. The summed E-state index contributed by atoms with van der Waals surface area (Å²) in [6.45, 7) is 5.97. The summed E-state index contributed by atoms with van der Waals surface area (Å²) in [6, 6.07) is 18.0. The Bertz CT molecular complexity index is 1190. The average molecular weight is 457 g/mol. The van der Waals surface area contributed by atoms with Crippen LogP contribution in [0.2, 0.25) is 0 Å². The van der Waals surface area contributed by atoms with Crippen LogP contribution in [0.15, 0.2) is 77.7 Å². The number of nitrogens with one attached hydrogen (secondary N) is 1. The van der Waals surface area contributed by atoms with E-state index in [1.54, 1.807) is 23.1 Å². The Morgan fingerprint density at radius 2 is 1.72 bits per heavy atom. The van der Waals surface area contributed by atoms with Crippen LogP contribution < -0.4 is 9.50 Å². The summed E-state index contributed by atoms with van der Waals surface area (Å²) in [5, 5.41) is 2.92. The zero-order chi connectivity index (χ0) is 23.3. The number of urea groups is 1. The van der Waals surface area contributed by atoms with Gasteiger partial charge in [0.15, 0.2) is 0 Å². The highest BCUT2D eigenvalue weighted by Gasteiger charge is 2.20. The van der Waals surface area contributed by atoms with Crippen LogP contribution in [0.3, 0.4) is 0 Å². The maximum absolute atomic E-state index is 13.1. The third-order valence-corrected chi connectivity index (χ3v) is 6.09. The van der Waals surface area contributed by atoms with Gasteiger partial charge in [-0.25, -0.2) is 9.18 Å². The Morgan fingerprint density at radius 3 is 2.38 bits per heavy atom. The Kier molecular flexibility index (Phi) is 7.15. The van der Waals surface area contributed by atoms with Gasteiger partial charge < -0.3 is 14.4 Å². The van der Waals surface area contributed by atoms with E-state index >= 15 is 0 Å². The number of benzene rings is 3. The molecule has 0 bridgehead atoms. The Morgan fingerprint density at radius 1 is 1.03 bits per heavy atom. The quantitative estimate of drug-likeness (QED) is 0.487. The summed E-state index contributed by atoms with van der Waals surface area (Å²) in [6.07, 6.45) is 0. The topological polar surface area (TPSA) is 75.7 Å². The third-order valence-electron chi connectivity index (χ3n) is 4.83. The van der Waals surface area contributed by atoms with E-state index in [2.05, 4.69) is 5.32 Å². The predicted octanol–water partition coefficient (Wildman–Crippen LogP) is 5.34. The Balaban J connectivity index is 1.76. The number of amides is 2. The van der Waals surface area contributed by atoms with E-state index in [0.29, 0.717) is 5.56 Å². The minimum atomic E-state index is -4.11. The fraction of sp³-hybridized carbons (Fsp3) is 0.208. The molecule has 168 valence electrons. The maximum Gasteiger partial charge on any atom is 0.339 e. The number of para-hydroxylation sites is 1. The summed E-state index contributed by atoms with van der Waals surface area (Å²) in [7, 11) is -4.11. The monoisotopic (exact) mass is 456 g/mol. The third kappa shape index (κ3) is 5.85. The van der Waals surface area contributed by atoms with Crippen LogP contribution in [0, 0.1) is 12.7 Å². The van der Waals surface area contributed by atoms with Crippen LogP contribution in [-0.2, 0) is 16.7 Å². The van der Waals surface area contributed by atoms with Gasteiger partial charge in [-0.05, 0) is 74.4 Å². The number of hydrogen-bond acceptors (Lipinski definition) is 4. The molecule has 0 atom stereocenters. The van der Waals surface area contributed by atoms with E-state index in [9.17, 15) is 17.6 Å². The number of carbonyl (C=O) groups excluding carboxylic acids is 1. The lowest BCUT2D eigenvalue weighted by molar-refractivity contribution is 0.193. The molecule has 3 aromatic carbocycles. The smallest absolute Gasteiger partial charge is 0.339 e. The normalized spacial score (nSPS) is 11.3. The molecule has 3 aromatic rings. The van der Waals surface area contributed by atoms with Crippen LogP contribution in [0.5, 0.6) is 5.75 Å². The summed E-state index contributed by atoms with van der Waals surface area (Å²) in [5.41, 5.74) is 2.38. The van der Waals surface area contributed by atoms with Gasteiger partial charge in [-0.2, -0.15) is 8.42 Å². The van der Waals surface area contributed by atoms with Crippen molar-refractivity contribution in [3.63, 3.8) is 0 Å². The van der Waals surface area contributed by atoms with Gasteiger partial charge in [0.25, 0.3) is 0 Å². The van der Waals surface area contributed by atoms with Gasteiger partial charge >= 0.3 is 16.1 Å². The van der Waals surface area contributed by atoms with Crippen LogP contribution in [0.4, 0.5) is 14.9 Å². The van der Waals surface area contributed by atoms with Crippen molar-refractivity contribution >= 4 is 21.8 Å². The second-order valence-electron chi connectivity index (χ2n) is 7.61. The second kappa shape index (κ2) is 9.82. The molecular formula is C24H25FN2O4S. The molecular weight excluding hydrogens is 431 g/mol. The van der Waals surface area contributed by atoms with Crippen LogP contribution in [0.25, 0.3) is 0 Å². The lowest BCUT2D eigenvalue weighted by Crippen LogP contribution is -2.39. The predicted molar refractivity (Wildman–Crippen MR) is 122 cm³/mol. The zero-order valence-corrected chi connectivity index (χ0v) is 18.9. The van der Waals surface area contributed by atoms with Crippen molar-refractivity contribution in [1.29, 1.82) is 0 Å². The highest BCUT2D eigenvalue weighted by Crippen LogP contribution is 2.22. The number of rotatable bonds is 7. The summed E-state index contributed by atoms with van der Waals surface area (Å²) in [4.78, 5) is 14.4. The Labute approximate surface area is 187 Å². The first-order valence-corrected chi connectivity index (χ1v) is 11.5. The van der Waals surface area contributed by atoms with Crippen LogP contribution in [-0.4, -0.2) is 25.4 Å². The van der Waals surface area contributed by atoms with E-state index in [1.807, 2.05) is 45.0 Å². The van der Waals surface area contributed by atoms with E-state index in [1.165, 1.54) is 6.07 Å². The molecule has 0 aliphatic carbocycles. The molecule has 0 aliphatic rings. The number of nitrogens with zero attached hydrogens (tertiary/aromatic N) is 1. The molecule has 0 unspecified atom stereocenters. The molecule has 0 fully saturated rings. The molecule has 32 heavy (non-hydrogen) atoms. The molecule has 0 aliphatic heterocycles. The van der Waals surface area contributed by atoms with Crippen molar-refractivity contribution in [2.45, 2.75) is 38.3 Å². The number of halogens is 1. The maximum atomic E-state index is 13.1. The highest BCUT2D eigenvalue weighted by molar-refractivity contribution is 7.87. The minimum Gasteiger partial charge on any atom is -0.379 e. The lowest BCUT2D eigenvalue weighted by Gasteiger charge is -2.27. The number of aryl methyl sites for hydroxylation is 1. The van der Waals surface area contributed by atoms with Crippen molar-refractivity contribution in [1.82, 2.24) is 4.90 Å². The fourth-order valence-electron chi connectivity index (χ4n) is 3.06. The summed E-state index contributed by atoms with van der Waals surface area (Å²) in [5.74, 6) is -0.432. The minimum absolute atomic E-state index is 0.105. The standard InChI is InChI=1S/C24H25FN2O4S/c1-17(2)27(24(28)26-23-10-5-4-7-18(23)3)16-19-8-6-9-21(15-19)31-32(29,30)22-13-11-20(25)12-14-22/h4-15,17H,16H2,1-3H3,(H,26,28). The van der Waals surface area contributed by atoms with Gasteiger partial charge in [0.2, 0.25) is 0 Å². The van der Waals surface area contributed by atoms with Gasteiger partial charge in [-0.1, -0.05) is 30.3 Å². The molecule has 2 amide bonds. The molecule has 0 heterocycles. The van der Waals surface area contributed by atoms with E-state index in [-0.39, 0.29) is 29.3 Å². The lowest BCUT2D eigenvalue weighted by atomic mass is 10.2. The zero-order valence-electron chi connectivity index (χ0n) is 18.1. The van der Waals surface area contributed by atoms with Crippen molar-refractivity contribution in [2.24, 2.45) is 0 Å². The first-order chi connectivity index (χ1) is 15.2. The molecule has 1 N–H and O–H groups in total. The number of anilines is 1. The molecule has 0 saturated heterocycles. The molecule has 8 heteroatoms. The molecule has 0 radical (unpaired) electrons. The SMILES string of the molecule is Cc1ccccc1NC(=O)N(Cc1cccc(OS(=O)(=O)c2ccc(F)cc2)c1)C(C)C. The van der Waals surface area contributed by atoms with Crippen LogP contribution in [0.1, 0.15) is 25.0 Å². The molecule has 0 saturated carbocycles. The number of carbonyl (C=O) groups is 1. The van der Waals surface area contributed by atoms with Gasteiger partial charge in [-0.15, -0.1) is 0 Å². The molecule has 3 rings (SSSR count). The van der Waals surface area contributed by atoms with Gasteiger partial charge in [-0.3, -0.25) is 0 Å². The molecule has 0 aromatic heterocycles. The largest absolute Gasteiger partial charge is 0.379 e. The first-order valence-electron chi connectivity index (χ1n) is 10.1. The van der Waals surface area contributed by atoms with E-state index < -0.39 is 15.9 Å². The van der Waals surface area contributed by atoms with Gasteiger partial charge in [0.05, 0.1) is 0 Å². The number of hydrogen-bond donors (Lipinski definition) is 1. The van der Waals surface area contributed by atoms with Crippen molar-refractivity contribution in [3.05, 3.63) is 89.7 Å². The molecule has 0 spiro atoms. The van der Waals surface area contributed by atoms with E-state index in [0.717, 1.165) is 35.5 Å². The van der Waals surface area contributed by atoms with Crippen molar-refractivity contribution in [3.8, 4) is 5.75 Å². The van der Waals surface area contributed by atoms with Crippen LogP contribution >= 0.6 is 0 Å². The Hall–Kier alpha value is -3.39. The second-order valence-corrected chi connectivity index (χ2v) is 9.15. The van der Waals surface area contributed by atoms with Crippen molar-refractivity contribution < 1.29 is 21.8 Å². The average Bonchev–Trinajstić information content (AvgIpc) is 2.73. The molecule has 6 nitrogen and oxygen atoms in total.